The third-order valence-corrected chi connectivity index (χ3v) is 9.60. The van der Waals surface area contributed by atoms with Crippen molar-refractivity contribution in [3.63, 3.8) is 0 Å². The Morgan fingerprint density at radius 1 is 0.692 bits per heavy atom. The van der Waals surface area contributed by atoms with E-state index >= 15 is 0 Å². The first-order chi connectivity index (χ1) is 25.3. The van der Waals surface area contributed by atoms with E-state index in [1.165, 1.54) is 44.9 Å². The van der Waals surface area contributed by atoms with Gasteiger partial charge in [0, 0.05) is 19.4 Å². The lowest BCUT2D eigenvalue weighted by atomic mass is 10.1. The summed E-state index contributed by atoms with van der Waals surface area (Å²) in [4.78, 5) is 34.8. The lowest BCUT2D eigenvalue weighted by Gasteiger charge is -2.19. The topological polar surface area (TPSA) is 147 Å². The molecule has 10 nitrogen and oxygen atoms in total. The first kappa shape index (κ1) is 48.0. The summed E-state index contributed by atoms with van der Waals surface area (Å²) in [6.07, 6.45) is 38.8. The Morgan fingerprint density at radius 3 is 1.94 bits per heavy atom. The molecule has 1 saturated heterocycles. The van der Waals surface area contributed by atoms with Crippen molar-refractivity contribution in [1.29, 1.82) is 0 Å². The molecule has 0 amide bonds. The molecule has 1 rings (SSSR count). The smallest absolute Gasteiger partial charge is 0.462 e. The van der Waals surface area contributed by atoms with Crippen LogP contribution in [-0.2, 0) is 37.4 Å². The van der Waals surface area contributed by atoms with Crippen LogP contribution in [0.3, 0.4) is 0 Å². The van der Waals surface area contributed by atoms with Crippen LogP contribution in [0.15, 0.2) is 48.6 Å². The van der Waals surface area contributed by atoms with Gasteiger partial charge in [0.05, 0.1) is 25.4 Å². The number of carbonyl (C=O) groups is 2. The number of phosphoric acid groups is 1. The minimum absolute atomic E-state index is 0.0413. The van der Waals surface area contributed by atoms with Gasteiger partial charge in [-0.15, -0.1) is 0 Å². The van der Waals surface area contributed by atoms with Crippen LogP contribution in [0.2, 0.25) is 0 Å². The molecule has 11 heteroatoms. The summed E-state index contributed by atoms with van der Waals surface area (Å²) in [5.41, 5.74) is 5.33. The Balaban J connectivity index is 2.24. The van der Waals surface area contributed by atoms with Crippen LogP contribution < -0.4 is 5.73 Å². The second kappa shape index (κ2) is 33.5. The summed E-state index contributed by atoms with van der Waals surface area (Å²) >= 11 is 0. The lowest BCUT2D eigenvalue weighted by Crippen LogP contribution is -2.29. The molecule has 300 valence electrons. The summed E-state index contributed by atoms with van der Waals surface area (Å²) < 4.78 is 38.4. The fourth-order valence-corrected chi connectivity index (χ4v) is 6.23. The largest absolute Gasteiger partial charge is 0.472 e. The molecule has 52 heavy (non-hydrogen) atoms. The van der Waals surface area contributed by atoms with E-state index in [1.807, 2.05) is 0 Å². The van der Waals surface area contributed by atoms with Gasteiger partial charge in [0.15, 0.2) is 6.10 Å². The van der Waals surface area contributed by atoms with Crippen molar-refractivity contribution in [2.45, 2.75) is 173 Å². The summed E-state index contributed by atoms with van der Waals surface area (Å²) in [7, 11) is -4.39. The van der Waals surface area contributed by atoms with Crippen LogP contribution in [0.1, 0.15) is 155 Å². The first-order valence-electron chi connectivity index (χ1n) is 20.2. The maximum atomic E-state index is 12.5. The monoisotopic (exact) mass is 753 g/mol. The number of esters is 2. The SMILES string of the molecule is CCCCC/C=C\C/C=C\C/C=C\CCCCC(=O)O[C@H](COC(=O)CCCCCCC/C=C\CC1OC1CCCCC)COP(=O)(O)OCCN. The summed E-state index contributed by atoms with van der Waals surface area (Å²) in [6, 6.07) is 0. The van der Waals surface area contributed by atoms with E-state index in [2.05, 4.69) is 62.5 Å². The van der Waals surface area contributed by atoms with E-state index in [4.69, 9.17) is 29.0 Å². The molecule has 4 atom stereocenters. The van der Waals surface area contributed by atoms with Crippen molar-refractivity contribution in [2.75, 3.05) is 26.4 Å². The van der Waals surface area contributed by atoms with Crippen molar-refractivity contribution in [2.24, 2.45) is 5.73 Å². The van der Waals surface area contributed by atoms with Gasteiger partial charge in [0.25, 0.3) is 0 Å². The number of phosphoric ester groups is 1. The molecule has 1 aliphatic rings. The number of allylic oxidation sites excluding steroid dienone is 7. The quantitative estimate of drug-likeness (QED) is 0.0208. The molecule has 3 N–H and O–H groups in total. The van der Waals surface area contributed by atoms with Crippen molar-refractivity contribution in [1.82, 2.24) is 0 Å². The Hall–Kier alpha value is -2.07. The minimum Gasteiger partial charge on any atom is -0.462 e. The van der Waals surface area contributed by atoms with Crippen LogP contribution in [0.5, 0.6) is 0 Å². The van der Waals surface area contributed by atoms with E-state index < -0.39 is 32.5 Å². The van der Waals surface area contributed by atoms with Crippen molar-refractivity contribution >= 4 is 19.8 Å². The molecule has 0 aromatic rings. The number of hydrogen-bond donors (Lipinski definition) is 2. The molecule has 0 spiro atoms. The fourth-order valence-electron chi connectivity index (χ4n) is 5.47. The van der Waals surface area contributed by atoms with Crippen LogP contribution in [-0.4, -0.2) is 61.5 Å². The number of ether oxygens (including phenoxy) is 3. The number of hydrogen-bond acceptors (Lipinski definition) is 9. The number of epoxide rings is 1. The molecule has 0 aromatic heterocycles. The van der Waals surface area contributed by atoms with E-state index in [9.17, 15) is 19.0 Å². The zero-order valence-corrected chi connectivity index (χ0v) is 33.4. The number of rotatable bonds is 36. The second-order valence-corrected chi connectivity index (χ2v) is 15.0. The predicted octanol–water partition coefficient (Wildman–Crippen LogP) is 10.1. The fraction of sp³-hybridized carbons (Fsp3) is 0.756. The molecule has 1 aliphatic heterocycles. The van der Waals surface area contributed by atoms with Gasteiger partial charge < -0.3 is 24.8 Å². The highest BCUT2D eigenvalue weighted by Gasteiger charge is 2.36. The van der Waals surface area contributed by atoms with E-state index in [1.54, 1.807) is 0 Å². The van der Waals surface area contributed by atoms with Crippen molar-refractivity contribution in [3.8, 4) is 0 Å². The molecule has 0 bridgehead atoms. The maximum absolute atomic E-state index is 12.5. The van der Waals surface area contributed by atoms with Crippen LogP contribution in [0, 0.1) is 0 Å². The van der Waals surface area contributed by atoms with Crippen LogP contribution >= 0.6 is 7.82 Å². The molecule has 0 saturated carbocycles. The molecular formula is C41H72NO9P. The Morgan fingerprint density at radius 2 is 1.25 bits per heavy atom. The van der Waals surface area contributed by atoms with Gasteiger partial charge in [-0.05, 0) is 77.0 Å². The van der Waals surface area contributed by atoms with Crippen molar-refractivity contribution < 1.29 is 42.3 Å². The molecule has 0 radical (unpaired) electrons. The molecular weight excluding hydrogens is 681 g/mol. The van der Waals surface area contributed by atoms with E-state index in [-0.39, 0.29) is 32.6 Å². The average Bonchev–Trinajstić information content (AvgIpc) is 3.88. The highest BCUT2D eigenvalue weighted by Crippen LogP contribution is 2.43. The van der Waals surface area contributed by atoms with Gasteiger partial charge in [-0.3, -0.25) is 18.6 Å². The maximum Gasteiger partial charge on any atom is 0.472 e. The minimum atomic E-state index is -4.39. The first-order valence-corrected chi connectivity index (χ1v) is 21.7. The normalized spacial score (nSPS) is 17.8. The zero-order chi connectivity index (χ0) is 38.0. The van der Waals surface area contributed by atoms with E-state index in [0.717, 1.165) is 70.6 Å². The average molecular weight is 754 g/mol. The van der Waals surface area contributed by atoms with Gasteiger partial charge in [-0.1, -0.05) is 114 Å². The second-order valence-electron chi connectivity index (χ2n) is 13.5. The number of nitrogens with two attached hydrogens (primary N) is 1. The third kappa shape index (κ3) is 30.4. The van der Waals surface area contributed by atoms with Crippen LogP contribution in [0.4, 0.5) is 0 Å². The molecule has 0 aromatic carbocycles. The number of unbranched alkanes of at least 4 members (excludes halogenated alkanes) is 12. The predicted molar refractivity (Wildman–Crippen MR) is 210 cm³/mol. The highest BCUT2D eigenvalue weighted by molar-refractivity contribution is 7.47. The molecule has 3 unspecified atom stereocenters. The zero-order valence-electron chi connectivity index (χ0n) is 32.5. The van der Waals surface area contributed by atoms with E-state index in [0.29, 0.717) is 25.0 Å². The lowest BCUT2D eigenvalue weighted by molar-refractivity contribution is -0.161. The molecule has 1 fully saturated rings. The van der Waals surface area contributed by atoms with Crippen molar-refractivity contribution in [3.05, 3.63) is 48.6 Å². The van der Waals surface area contributed by atoms with Gasteiger partial charge in [-0.25, -0.2) is 4.57 Å². The summed E-state index contributed by atoms with van der Waals surface area (Å²) in [6.45, 7) is 3.58. The number of carbonyl (C=O) groups excluding carboxylic acids is 2. The summed E-state index contributed by atoms with van der Waals surface area (Å²) in [5.74, 6) is -0.899. The van der Waals surface area contributed by atoms with Crippen LogP contribution in [0.25, 0.3) is 0 Å². The molecule has 0 aliphatic carbocycles. The Labute approximate surface area is 315 Å². The van der Waals surface area contributed by atoms with Gasteiger partial charge in [-0.2, -0.15) is 0 Å². The third-order valence-electron chi connectivity index (χ3n) is 8.61. The molecule has 1 heterocycles. The van der Waals surface area contributed by atoms with Gasteiger partial charge in [0.1, 0.15) is 6.61 Å². The Kier molecular flexibility index (Phi) is 30.9. The highest BCUT2D eigenvalue weighted by atomic mass is 31.2. The summed E-state index contributed by atoms with van der Waals surface area (Å²) in [5, 5.41) is 0. The van der Waals surface area contributed by atoms with Gasteiger partial charge >= 0.3 is 19.8 Å². The van der Waals surface area contributed by atoms with Gasteiger partial charge in [0.2, 0.25) is 0 Å². The Bertz CT molecular complexity index is 1060. The standard InChI is InChI=1S/C41H72NO9P/c1-3-5-7-8-9-10-11-12-13-14-15-16-21-24-28-32-41(44)50-37(36-49-52(45,46)48-34-33-42)35-47-40(43)31-27-23-20-18-17-19-22-26-30-39-38(51-39)29-25-6-4-2/h9-10,12-13,15-16,22,26,37-39H,3-8,11,14,17-21,23-25,27-36,42H2,1-2H3,(H,45,46)/b10-9-,13-12-,16-15-,26-22-/t37-,38?,39?/m1/s1.